The zero-order chi connectivity index (χ0) is 19.8. The second kappa shape index (κ2) is 10.3. The number of halogens is 1. The molecule has 2 aromatic rings. The van der Waals surface area contributed by atoms with E-state index in [-0.39, 0.29) is 23.7 Å². The van der Waals surface area contributed by atoms with Crippen LogP contribution in [0.1, 0.15) is 30.4 Å². The maximum atomic E-state index is 13.3. The van der Waals surface area contributed by atoms with Gasteiger partial charge in [0.25, 0.3) is 0 Å². The number of hydrogen-bond donors (Lipinski definition) is 1. The maximum absolute atomic E-state index is 13.3. The standard InChI is InChI=1S/C23H29FN2O2/c1-2-21(17-26-12-14-28-15-13-26)25-23(27)22(19-6-4-3-5-7-19)16-18-8-10-20(24)11-9-18/h3-11,21-22H,2,12-17H2,1H3,(H,25,27)/t21-,22-/m1/s1. The molecule has 0 aromatic heterocycles. The first-order chi connectivity index (χ1) is 13.7. The van der Waals surface area contributed by atoms with Gasteiger partial charge in [-0.3, -0.25) is 9.69 Å². The number of ether oxygens (including phenoxy) is 1. The number of carbonyl (C=O) groups is 1. The highest BCUT2D eigenvalue weighted by Crippen LogP contribution is 2.22. The van der Waals surface area contributed by atoms with Gasteiger partial charge in [-0.2, -0.15) is 0 Å². The van der Waals surface area contributed by atoms with Gasteiger partial charge in [-0.25, -0.2) is 4.39 Å². The molecule has 1 heterocycles. The van der Waals surface area contributed by atoms with Gasteiger partial charge in [0.15, 0.2) is 0 Å². The summed E-state index contributed by atoms with van der Waals surface area (Å²) in [5.74, 6) is -0.540. The van der Waals surface area contributed by atoms with E-state index >= 15 is 0 Å². The van der Waals surface area contributed by atoms with Gasteiger partial charge >= 0.3 is 0 Å². The van der Waals surface area contributed by atoms with Crippen molar-refractivity contribution in [3.63, 3.8) is 0 Å². The Labute approximate surface area is 166 Å². The van der Waals surface area contributed by atoms with Crippen LogP contribution in [0.2, 0.25) is 0 Å². The Kier molecular flexibility index (Phi) is 7.57. The van der Waals surface area contributed by atoms with Gasteiger partial charge in [-0.05, 0) is 36.1 Å². The van der Waals surface area contributed by atoms with Gasteiger partial charge in [-0.15, -0.1) is 0 Å². The summed E-state index contributed by atoms with van der Waals surface area (Å²) in [6.07, 6.45) is 1.42. The van der Waals surface area contributed by atoms with Gasteiger partial charge < -0.3 is 10.1 Å². The average Bonchev–Trinajstić information content (AvgIpc) is 2.74. The second-order valence-electron chi connectivity index (χ2n) is 7.32. The minimum atomic E-state index is -0.301. The van der Waals surface area contributed by atoms with Crippen LogP contribution >= 0.6 is 0 Å². The maximum Gasteiger partial charge on any atom is 0.228 e. The van der Waals surface area contributed by atoms with Crippen LogP contribution in [-0.2, 0) is 16.0 Å². The number of carbonyl (C=O) groups excluding carboxylic acids is 1. The highest BCUT2D eigenvalue weighted by Gasteiger charge is 2.24. The fourth-order valence-corrected chi connectivity index (χ4v) is 3.58. The smallest absolute Gasteiger partial charge is 0.228 e. The van der Waals surface area contributed by atoms with Gasteiger partial charge in [0, 0.05) is 25.7 Å². The van der Waals surface area contributed by atoms with Crippen molar-refractivity contribution in [2.75, 3.05) is 32.8 Å². The summed E-state index contributed by atoms with van der Waals surface area (Å²) in [5.41, 5.74) is 1.93. The van der Waals surface area contributed by atoms with Crippen LogP contribution in [-0.4, -0.2) is 49.7 Å². The topological polar surface area (TPSA) is 41.6 Å². The van der Waals surface area contributed by atoms with Crippen molar-refractivity contribution in [1.29, 1.82) is 0 Å². The van der Waals surface area contributed by atoms with Crippen molar-refractivity contribution >= 4 is 5.91 Å². The molecule has 28 heavy (non-hydrogen) atoms. The van der Waals surface area contributed by atoms with Gasteiger partial charge in [0.05, 0.1) is 19.1 Å². The number of hydrogen-bond acceptors (Lipinski definition) is 3. The number of nitrogens with zero attached hydrogens (tertiary/aromatic N) is 1. The normalized spacial score (nSPS) is 17.1. The zero-order valence-corrected chi connectivity index (χ0v) is 16.4. The van der Waals surface area contributed by atoms with Crippen LogP contribution in [0.5, 0.6) is 0 Å². The summed E-state index contributed by atoms with van der Waals surface area (Å²) >= 11 is 0. The Morgan fingerprint density at radius 2 is 1.79 bits per heavy atom. The lowest BCUT2D eigenvalue weighted by atomic mass is 9.91. The molecule has 4 nitrogen and oxygen atoms in total. The molecule has 0 bridgehead atoms. The third kappa shape index (κ3) is 5.88. The number of benzene rings is 2. The summed E-state index contributed by atoms with van der Waals surface area (Å²) in [6.45, 7) is 6.25. The summed E-state index contributed by atoms with van der Waals surface area (Å²) in [6, 6.07) is 16.3. The minimum Gasteiger partial charge on any atom is -0.379 e. The van der Waals surface area contributed by atoms with Crippen LogP contribution in [0.15, 0.2) is 54.6 Å². The molecular weight excluding hydrogens is 355 g/mol. The number of rotatable bonds is 8. The van der Waals surface area contributed by atoms with Gasteiger partial charge in [0.1, 0.15) is 5.82 Å². The molecule has 2 atom stereocenters. The molecular formula is C23H29FN2O2. The minimum absolute atomic E-state index is 0.0237. The molecule has 1 N–H and O–H groups in total. The van der Waals surface area contributed by atoms with Crippen molar-refractivity contribution in [2.24, 2.45) is 0 Å². The van der Waals surface area contributed by atoms with Crippen molar-refractivity contribution in [3.8, 4) is 0 Å². The quantitative estimate of drug-likeness (QED) is 0.759. The SMILES string of the molecule is CC[C@H](CN1CCOCC1)NC(=O)[C@H](Cc1ccc(F)cc1)c1ccccc1. The molecule has 1 saturated heterocycles. The molecule has 1 aliphatic rings. The van der Waals surface area contributed by atoms with Crippen LogP contribution in [0.4, 0.5) is 4.39 Å². The third-order valence-corrected chi connectivity index (χ3v) is 5.29. The third-order valence-electron chi connectivity index (χ3n) is 5.29. The molecule has 2 aromatic carbocycles. The lowest BCUT2D eigenvalue weighted by Gasteiger charge is -2.31. The lowest BCUT2D eigenvalue weighted by molar-refractivity contribution is -0.123. The fourth-order valence-electron chi connectivity index (χ4n) is 3.58. The first-order valence-corrected chi connectivity index (χ1v) is 10.1. The van der Waals surface area contributed by atoms with Crippen LogP contribution in [0.25, 0.3) is 0 Å². The van der Waals surface area contributed by atoms with E-state index in [4.69, 9.17) is 4.74 Å². The van der Waals surface area contributed by atoms with Crippen molar-refractivity contribution in [3.05, 3.63) is 71.5 Å². The Morgan fingerprint density at radius 3 is 2.43 bits per heavy atom. The monoisotopic (exact) mass is 384 g/mol. The predicted molar refractivity (Wildman–Crippen MR) is 109 cm³/mol. The molecule has 0 unspecified atom stereocenters. The summed E-state index contributed by atoms with van der Waals surface area (Å²) in [5, 5.41) is 3.25. The van der Waals surface area contributed by atoms with E-state index in [2.05, 4.69) is 17.1 Å². The lowest BCUT2D eigenvalue weighted by Crippen LogP contribution is -2.48. The van der Waals surface area contributed by atoms with Gasteiger partial charge in [-0.1, -0.05) is 49.4 Å². The van der Waals surface area contributed by atoms with Crippen LogP contribution < -0.4 is 5.32 Å². The summed E-state index contributed by atoms with van der Waals surface area (Å²) in [4.78, 5) is 15.5. The fraction of sp³-hybridized carbons (Fsp3) is 0.435. The van der Waals surface area contributed by atoms with E-state index < -0.39 is 0 Å². The summed E-state index contributed by atoms with van der Waals surface area (Å²) in [7, 11) is 0. The van der Waals surface area contributed by atoms with E-state index in [1.54, 1.807) is 12.1 Å². The van der Waals surface area contributed by atoms with Crippen LogP contribution in [0.3, 0.4) is 0 Å². The Morgan fingerprint density at radius 1 is 1.11 bits per heavy atom. The molecule has 1 amide bonds. The summed E-state index contributed by atoms with van der Waals surface area (Å²) < 4.78 is 18.7. The largest absolute Gasteiger partial charge is 0.379 e. The first-order valence-electron chi connectivity index (χ1n) is 10.1. The number of nitrogens with one attached hydrogen (secondary N) is 1. The van der Waals surface area contributed by atoms with Crippen molar-refractivity contribution < 1.29 is 13.9 Å². The Balaban J connectivity index is 1.70. The number of amides is 1. The Hall–Kier alpha value is -2.24. The molecule has 0 spiro atoms. The highest BCUT2D eigenvalue weighted by molar-refractivity contribution is 5.84. The molecule has 150 valence electrons. The second-order valence-corrected chi connectivity index (χ2v) is 7.32. The first kappa shape index (κ1) is 20.5. The Bertz CT molecular complexity index is 730. The highest BCUT2D eigenvalue weighted by atomic mass is 19.1. The predicted octanol–water partition coefficient (Wildman–Crippen LogP) is 3.38. The van der Waals surface area contributed by atoms with E-state index in [9.17, 15) is 9.18 Å². The van der Waals surface area contributed by atoms with E-state index in [0.29, 0.717) is 6.42 Å². The van der Waals surface area contributed by atoms with E-state index in [1.807, 2.05) is 30.3 Å². The van der Waals surface area contributed by atoms with Crippen molar-refractivity contribution in [1.82, 2.24) is 10.2 Å². The van der Waals surface area contributed by atoms with Crippen LogP contribution in [0, 0.1) is 5.82 Å². The van der Waals surface area contributed by atoms with E-state index in [0.717, 1.165) is 50.4 Å². The van der Waals surface area contributed by atoms with Crippen molar-refractivity contribution in [2.45, 2.75) is 31.7 Å². The molecule has 0 saturated carbocycles. The van der Waals surface area contributed by atoms with Gasteiger partial charge in [0.2, 0.25) is 5.91 Å². The molecule has 5 heteroatoms. The average molecular weight is 384 g/mol. The molecule has 3 rings (SSSR count). The number of morpholine rings is 1. The molecule has 1 fully saturated rings. The molecule has 0 aliphatic carbocycles. The zero-order valence-electron chi connectivity index (χ0n) is 16.4. The molecule has 1 aliphatic heterocycles. The van der Waals surface area contributed by atoms with E-state index in [1.165, 1.54) is 12.1 Å². The molecule has 0 radical (unpaired) electrons.